The third-order valence-corrected chi connectivity index (χ3v) is 5.99. The lowest BCUT2D eigenvalue weighted by Gasteiger charge is -2.25. The summed E-state index contributed by atoms with van der Waals surface area (Å²) in [5.74, 6) is -0.365. The van der Waals surface area contributed by atoms with E-state index in [2.05, 4.69) is 15.3 Å². The SMILES string of the molecule is Cn1c(-c2ccnc(Oc3ccc(F)cc3)n2)c(-c2ccc(F)cc2)c(=O)n1C1CCNCC1. The van der Waals surface area contributed by atoms with Crippen LogP contribution in [0.5, 0.6) is 11.8 Å². The van der Waals surface area contributed by atoms with E-state index in [1.54, 1.807) is 29.1 Å². The first-order chi connectivity index (χ1) is 16.5. The Kier molecular flexibility index (Phi) is 5.93. The summed E-state index contributed by atoms with van der Waals surface area (Å²) in [7, 11) is 1.83. The van der Waals surface area contributed by atoms with Gasteiger partial charge in [0.25, 0.3) is 5.56 Å². The lowest BCUT2D eigenvalue weighted by atomic mass is 10.0. The third-order valence-electron chi connectivity index (χ3n) is 5.99. The van der Waals surface area contributed by atoms with Crippen molar-refractivity contribution in [1.29, 1.82) is 0 Å². The predicted molar refractivity (Wildman–Crippen MR) is 124 cm³/mol. The molecule has 4 aromatic rings. The maximum Gasteiger partial charge on any atom is 0.322 e. The van der Waals surface area contributed by atoms with Gasteiger partial charge in [0.1, 0.15) is 17.4 Å². The maximum absolute atomic E-state index is 13.7. The van der Waals surface area contributed by atoms with Crippen LogP contribution in [0.15, 0.2) is 65.6 Å². The van der Waals surface area contributed by atoms with Crippen molar-refractivity contribution in [2.75, 3.05) is 13.1 Å². The molecule has 9 heteroatoms. The molecule has 3 heterocycles. The van der Waals surface area contributed by atoms with E-state index in [0.717, 1.165) is 25.9 Å². The molecule has 0 saturated carbocycles. The van der Waals surface area contributed by atoms with Gasteiger partial charge in [-0.15, -0.1) is 0 Å². The molecule has 0 radical (unpaired) electrons. The summed E-state index contributed by atoms with van der Waals surface area (Å²) in [4.78, 5) is 22.4. The standard InChI is InChI=1S/C25H23F2N5O2/c1-31-23(21-12-15-29-25(30-21)34-20-8-6-18(27)7-9-20)22(16-2-4-17(26)5-3-16)24(33)32(31)19-10-13-28-14-11-19/h2-9,12,15,19,28H,10-11,13-14H2,1H3. The van der Waals surface area contributed by atoms with Gasteiger partial charge in [-0.1, -0.05) is 12.1 Å². The Morgan fingerprint density at radius 2 is 1.62 bits per heavy atom. The molecule has 1 saturated heterocycles. The number of piperidine rings is 1. The monoisotopic (exact) mass is 463 g/mol. The van der Waals surface area contributed by atoms with Crippen molar-refractivity contribution in [1.82, 2.24) is 24.6 Å². The molecule has 174 valence electrons. The summed E-state index contributed by atoms with van der Waals surface area (Å²) in [6, 6.07) is 13.2. The first-order valence-electron chi connectivity index (χ1n) is 11.1. The van der Waals surface area contributed by atoms with Crippen LogP contribution < -0.4 is 15.6 Å². The first-order valence-corrected chi connectivity index (χ1v) is 11.1. The normalized spacial score (nSPS) is 14.3. The van der Waals surface area contributed by atoms with E-state index >= 15 is 0 Å². The van der Waals surface area contributed by atoms with E-state index in [1.165, 1.54) is 36.4 Å². The van der Waals surface area contributed by atoms with Crippen LogP contribution >= 0.6 is 0 Å². The molecule has 0 spiro atoms. The first kappa shape index (κ1) is 22.0. The maximum atomic E-state index is 13.7. The number of hydrogen-bond acceptors (Lipinski definition) is 5. The van der Waals surface area contributed by atoms with Crippen molar-refractivity contribution in [3.05, 3.63) is 82.8 Å². The fourth-order valence-electron chi connectivity index (χ4n) is 4.38. The zero-order valence-corrected chi connectivity index (χ0v) is 18.5. The van der Waals surface area contributed by atoms with Gasteiger partial charge in [-0.2, -0.15) is 4.98 Å². The molecule has 0 unspecified atom stereocenters. The van der Waals surface area contributed by atoms with Gasteiger partial charge in [-0.3, -0.25) is 9.48 Å². The second-order valence-corrected chi connectivity index (χ2v) is 8.17. The molecule has 0 aliphatic carbocycles. The van der Waals surface area contributed by atoms with E-state index in [0.29, 0.717) is 28.3 Å². The van der Waals surface area contributed by atoms with Crippen molar-refractivity contribution in [3.63, 3.8) is 0 Å². The molecule has 0 atom stereocenters. The predicted octanol–water partition coefficient (Wildman–Crippen LogP) is 4.31. The van der Waals surface area contributed by atoms with Crippen LogP contribution in [0.1, 0.15) is 18.9 Å². The number of hydrogen-bond donors (Lipinski definition) is 1. The summed E-state index contributed by atoms with van der Waals surface area (Å²) >= 11 is 0. The summed E-state index contributed by atoms with van der Waals surface area (Å²) in [6.45, 7) is 1.65. The summed E-state index contributed by atoms with van der Waals surface area (Å²) < 4.78 is 36.2. The molecule has 7 nitrogen and oxygen atoms in total. The minimum atomic E-state index is -0.378. The van der Waals surface area contributed by atoms with Crippen LogP contribution in [0.2, 0.25) is 0 Å². The number of aromatic nitrogens is 4. The molecular formula is C25H23F2N5O2. The Morgan fingerprint density at radius 1 is 0.971 bits per heavy atom. The molecule has 2 aromatic carbocycles. The van der Waals surface area contributed by atoms with Crippen LogP contribution in [0.25, 0.3) is 22.5 Å². The van der Waals surface area contributed by atoms with Gasteiger partial charge in [-0.05, 0) is 74.0 Å². The van der Waals surface area contributed by atoms with E-state index in [4.69, 9.17) is 4.74 Å². The van der Waals surface area contributed by atoms with Crippen molar-refractivity contribution in [2.24, 2.45) is 7.05 Å². The summed E-state index contributed by atoms with van der Waals surface area (Å²) in [5, 5.41) is 3.32. The highest BCUT2D eigenvalue weighted by Crippen LogP contribution is 2.32. The topological polar surface area (TPSA) is 74.0 Å². The van der Waals surface area contributed by atoms with Gasteiger partial charge in [0.05, 0.1) is 23.0 Å². The van der Waals surface area contributed by atoms with E-state index < -0.39 is 0 Å². The van der Waals surface area contributed by atoms with E-state index in [1.807, 2.05) is 11.7 Å². The lowest BCUT2D eigenvalue weighted by Crippen LogP contribution is -2.35. The molecule has 5 rings (SSSR count). The molecule has 1 fully saturated rings. The fraction of sp³-hybridized carbons (Fsp3) is 0.240. The number of benzene rings is 2. The Hall–Kier alpha value is -3.85. The number of ether oxygens (including phenoxy) is 1. The van der Waals surface area contributed by atoms with Crippen molar-refractivity contribution >= 4 is 0 Å². The van der Waals surface area contributed by atoms with E-state index in [9.17, 15) is 13.6 Å². The van der Waals surface area contributed by atoms with Crippen LogP contribution in [-0.4, -0.2) is 32.4 Å². The van der Waals surface area contributed by atoms with E-state index in [-0.39, 0.29) is 29.2 Å². The van der Waals surface area contributed by atoms with Crippen LogP contribution in [0.4, 0.5) is 8.78 Å². The zero-order valence-electron chi connectivity index (χ0n) is 18.5. The second kappa shape index (κ2) is 9.18. The Labute approximate surface area is 194 Å². The second-order valence-electron chi connectivity index (χ2n) is 8.17. The number of rotatable bonds is 5. The van der Waals surface area contributed by atoms with Crippen molar-refractivity contribution in [3.8, 4) is 34.3 Å². The average molecular weight is 463 g/mol. The largest absolute Gasteiger partial charge is 0.424 e. The molecule has 0 bridgehead atoms. The molecular weight excluding hydrogens is 440 g/mol. The highest BCUT2D eigenvalue weighted by molar-refractivity contribution is 5.79. The van der Waals surface area contributed by atoms with Gasteiger partial charge in [-0.25, -0.2) is 18.4 Å². The zero-order chi connectivity index (χ0) is 23.7. The van der Waals surface area contributed by atoms with Gasteiger partial charge < -0.3 is 10.1 Å². The van der Waals surface area contributed by atoms with Crippen molar-refractivity contribution in [2.45, 2.75) is 18.9 Å². The Bertz CT molecular complexity index is 1360. The number of halogens is 2. The van der Waals surface area contributed by atoms with Gasteiger partial charge >= 0.3 is 6.01 Å². The van der Waals surface area contributed by atoms with Gasteiger partial charge in [0.2, 0.25) is 0 Å². The molecule has 2 aromatic heterocycles. The fourth-order valence-corrected chi connectivity index (χ4v) is 4.38. The Balaban J connectivity index is 1.63. The minimum absolute atomic E-state index is 0.0310. The molecule has 1 aliphatic heterocycles. The average Bonchev–Trinajstić information content (AvgIpc) is 3.11. The minimum Gasteiger partial charge on any atom is -0.424 e. The molecule has 1 aliphatic rings. The number of nitrogens with zero attached hydrogens (tertiary/aromatic N) is 4. The van der Waals surface area contributed by atoms with Gasteiger partial charge in [0.15, 0.2) is 0 Å². The van der Waals surface area contributed by atoms with Gasteiger partial charge in [0, 0.05) is 13.2 Å². The molecule has 34 heavy (non-hydrogen) atoms. The highest BCUT2D eigenvalue weighted by atomic mass is 19.1. The van der Waals surface area contributed by atoms with Crippen LogP contribution in [0, 0.1) is 11.6 Å². The Morgan fingerprint density at radius 3 is 2.29 bits per heavy atom. The summed E-state index contributed by atoms with van der Waals surface area (Å²) in [6.07, 6.45) is 3.19. The van der Waals surface area contributed by atoms with Crippen LogP contribution in [0.3, 0.4) is 0 Å². The highest BCUT2D eigenvalue weighted by Gasteiger charge is 2.27. The van der Waals surface area contributed by atoms with Crippen LogP contribution in [-0.2, 0) is 7.05 Å². The lowest BCUT2D eigenvalue weighted by molar-refractivity contribution is 0.307. The smallest absolute Gasteiger partial charge is 0.322 e. The summed E-state index contributed by atoms with van der Waals surface area (Å²) in [5.41, 5.74) is 1.95. The molecule has 1 N–H and O–H groups in total. The quantitative estimate of drug-likeness (QED) is 0.478. The number of nitrogens with one attached hydrogen (secondary N) is 1. The third kappa shape index (κ3) is 4.22. The molecule has 0 amide bonds. The van der Waals surface area contributed by atoms with Crippen molar-refractivity contribution < 1.29 is 13.5 Å².